The van der Waals surface area contributed by atoms with Crippen LogP contribution in [-0.4, -0.2) is 105 Å². The van der Waals surface area contributed by atoms with Gasteiger partial charge in [0.25, 0.3) is 5.69 Å². The van der Waals surface area contributed by atoms with Crippen LogP contribution in [0.5, 0.6) is 0 Å². The van der Waals surface area contributed by atoms with Gasteiger partial charge in [0.05, 0.1) is 44.5 Å². The van der Waals surface area contributed by atoms with Crippen molar-refractivity contribution in [3.63, 3.8) is 0 Å². The predicted octanol–water partition coefficient (Wildman–Crippen LogP) is 2.65. The summed E-state index contributed by atoms with van der Waals surface area (Å²) in [6.45, 7) is 4.48. The monoisotopic (exact) mass is 758 g/mol. The Morgan fingerprint density at radius 3 is 2.15 bits per heavy atom. The van der Waals surface area contributed by atoms with Gasteiger partial charge in [-0.3, -0.25) is 29.4 Å². The second kappa shape index (κ2) is 24.3. The van der Waals surface area contributed by atoms with Crippen LogP contribution < -0.4 is 31.9 Å². The number of nitrogens with two attached hydrogens (primary N) is 1. The summed E-state index contributed by atoms with van der Waals surface area (Å²) in [4.78, 5) is 76.5. The van der Waals surface area contributed by atoms with E-state index in [2.05, 4.69) is 31.3 Å². The largest absolute Gasteiger partial charge is 0.465 e. The van der Waals surface area contributed by atoms with Crippen LogP contribution in [0.3, 0.4) is 0 Å². The lowest BCUT2D eigenvalue weighted by Gasteiger charge is -2.25. The normalized spacial score (nSPS) is 11.8. The lowest BCUT2D eigenvalue weighted by atomic mass is 10.0. The number of nitro groups is 1. The van der Waals surface area contributed by atoms with Crippen molar-refractivity contribution in [2.45, 2.75) is 45.3 Å². The number of nitrogens with one attached hydrogen (secondary N) is 4. The number of primary amides is 1. The summed E-state index contributed by atoms with van der Waals surface area (Å²) in [5, 5.41) is 34.5. The number of hydrogen-bond acceptors (Lipinski definition) is 11. The lowest BCUT2D eigenvalue weighted by molar-refractivity contribution is -0.384. The molecule has 2 aromatic rings. The minimum atomic E-state index is -1.28. The van der Waals surface area contributed by atoms with Gasteiger partial charge in [-0.25, -0.2) is 9.59 Å². The molecule has 0 fully saturated rings. The molecule has 0 heterocycles. The number of hydrogen-bond donors (Lipinski definition) is 6. The van der Waals surface area contributed by atoms with Crippen LogP contribution in [0.2, 0.25) is 0 Å². The third kappa shape index (κ3) is 17.0. The fourth-order valence-electron chi connectivity index (χ4n) is 4.68. The third-order valence-electron chi connectivity index (χ3n) is 7.41. The number of nitro benzene ring substituents is 1. The molecule has 2 aromatic carbocycles. The average molecular weight is 759 g/mol. The van der Waals surface area contributed by atoms with E-state index in [-0.39, 0.29) is 82.8 Å². The first-order chi connectivity index (χ1) is 25.8. The van der Waals surface area contributed by atoms with Crippen LogP contribution in [0.15, 0.2) is 53.6 Å². The minimum Gasteiger partial charge on any atom is -0.465 e. The molecule has 0 radical (unpaired) electrons. The summed E-state index contributed by atoms with van der Waals surface area (Å²) < 4.78 is 15.9. The maximum atomic E-state index is 13.4. The van der Waals surface area contributed by atoms with E-state index in [0.29, 0.717) is 17.9 Å². The highest BCUT2D eigenvalue weighted by Crippen LogP contribution is 2.22. The Labute approximate surface area is 310 Å². The second-order valence-electron chi connectivity index (χ2n) is 11.8. The number of amides is 6. The molecule has 0 bridgehead atoms. The van der Waals surface area contributed by atoms with Crippen molar-refractivity contribution in [2.75, 3.05) is 62.9 Å². The van der Waals surface area contributed by atoms with Crippen LogP contribution in [0.4, 0.5) is 26.7 Å². The van der Waals surface area contributed by atoms with Gasteiger partial charge in [-0.15, -0.1) is 0 Å². The fourth-order valence-corrected chi connectivity index (χ4v) is 4.68. The van der Waals surface area contributed by atoms with Crippen molar-refractivity contribution in [1.82, 2.24) is 16.0 Å². The molecular formula is C33H46N10O11. The third-order valence-corrected chi connectivity index (χ3v) is 7.41. The van der Waals surface area contributed by atoms with Gasteiger partial charge < -0.3 is 46.3 Å². The molecule has 2 atom stereocenters. The van der Waals surface area contributed by atoms with Crippen molar-refractivity contribution >= 4 is 46.9 Å². The zero-order valence-electron chi connectivity index (χ0n) is 30.0. The van der Waals surface area contributed by atoms with E-state index in [1.54, 1.807) is 38.1 Å². The predicted molar refractivity (Wildman–Crippen MR) is 194 cm³/mol. The van der Waals surface area contributed by atoms with Crippen LogP contribution in [0.25, 0.3) is 10.4 Å². The van der Waals surface area contributed by atoms with E-state index in [9.17, 15) is 39.2 Å². The summed E-state index contributed by atoms with van der Waals surface area (Å²) >= 11 is 0. The van der Waals surface area contributed by atoms with Crippen LogP contribution >= 0.6 is 0 Å². The molecule has 0 aliphatic carbocycles. The number of azide groups is 1. The molecule has 21 heteroatoms. The fraction of sp³-hybridized carbons (Fsp3) is 0.485. The Morgan fingerprint density at radius 2 is 1.57 bits per heavy atom. The zero-order chi connectivity index (χ0) is 39.9. The molecule has 21 nitrogen and oxygen atoms in total. The molecule has 0 spiro atoms. The first-order valence-corrected chi connectivity index (χ1v) is 16.8. The van der Waals surface area contributed by atoms with Crippen LogP contribution in [0, 0.1) is 16.0 Å². The Balaban J connectivity index is 1.98. The van der Waals surface area contributed by atoms with Gasteiger partial charge in [-0.2, -0.15) is 0 Å². The number of ether oxygens (including phenoxy) is 3. The summed E-state index contributed by atoms with van der Waals surface area (Å²) in [7, 11) is 0. The van der Waals surface area contributed by atoms with Crippen LogP contribution in [-0.2, 0) is 35.1 Å². The Morgan fingerprint density at radius 1 is 0.944 bits per heavy atom. The first kappa shape index (κ1) is 44.1. The number of benzene rings is 2. The molecule has 0 saturated heterocycles. The molecule has 294 valence electrons. The molecule has 54 heavy (non-hydrogen) atoms. The van der Waals surface area contributed by atoms with E-state index in [0.717, 1.165) is 4.90 Å². The maximum absolute atomic E-state index is 13.4. The van der Waals surface area contributed by atoms with E-state index >= 15 is 0 Å². The molecular weight excluding hydrogens is 712 g/mol. The zero-order valence-corrected chi connectivity index (χ0v) is 30.0. The van der Waals surface area contributed by atoms with Gasteiger partial charge in [0.2, 0.25) is 17.7 Å². The number of nitrogens with zero attached hydrogens (tertiary/aromatic N) is 5. The highest BCUT2D eigenvalue weighted by molar-refractivity contribution is 5.98. The number of rotatable bonds is 25. The number of non-ortho nitro benzene ring substituents is 1. The number of carboxylic acid groups (broad SMARTS) is 1. The van der Waals surface area contributed by atoms with Crippen molar-refractivity contribution in [1.29, 1.82) is 0 Å². The van der Waals surface area contributed by atoms with Crippen molar-refractivity contribution in [3.8, 4) is 0 Å². The SMILES string of the molecule is CC(C)C(NC(=O)COCCOCCOCCN=[N+]=[N-])C(=O)NC(CCCNC(N)=O)C(=O)Nc1ccc(CN(C(=O)O)c2ccc([N+](=O)[O-])cc2)cc1. The highest BCUT2D eigenvalue weighted by Gasteiger charge is 2.29. The molecule has 6 amide bonds. The van der Waals surface area contributed by atoms with Crippen molar-refractivity contribution < 1.29 is 48.2 Å². The summed E-state index contributed by atoms with van der Waals surface area (Å²) in [6, 6.07) is 8.45. The van der Waals surface area contributed by atoms with Gasteiger partial charge >= 0.3 is 12.1 Å². The number of anilines is 2. The lowest BCUT2D eigenvalue weighted by Crippen LogP contribution is -2.55. The Kier molecular flexibility index (Phi) is 19.8. The Bertz CT molecular complexity index is 1590. The van der Waals surface area contributed by atoms with Crippen molar-refractivity contribution in [3.05, 3.63) is 74.7 Å². The summed E-state index contributed by atoms with van der Waals surface area (Å²) in [5.74, 6) is -2.15. The maximum Gasteiger partial charge on any atom is 0.412 e. The topological polar surface area (TPSA) is 303 Å². The van der Waals surface area contributed by atoms with Gasteiger partial charge in [0, 0.05) is 41.5 Å². The quantitative estimate of drug-likeness (QED) is 0.0214. The van der Waals surface area contributed by atoms with E-state index in [1.165, 1.54) is 24.3 Å². The van der Waals surface area contributed by atoms with Crippen molar-refractivity contribution in [2.24, 2.45) is 16.8 Å². The number of urea groups is 1. The smallest absolute Gasteiger partial charge is 0.412 e. The first-order valence-electron chi connectivity index (χ1n) is 16.8. The van der Waals surface area contributed by atoms with Gasteiger partial charge in [0.1, 0.15) is 18.7 Å². The number of carbonyl (C=O) groups excluding carboxylic acids is 4. The van der Waals surface area contributed by atoms with E-state index in [1.807, 2.05) is 0 Å². The Hall–Kier alpha value is -6.02. The average Bonchev–Trinajstić information content (AvgIpc) is 3.13. The summed E-state index contributed by atoms with van der Waals surface area (Å²) in [6.07, 6.45) is -0.914. The van der Waals surface area contributed by atoms with Gasteiger partial charge in [-0.05, 0) is 54.1 Å². The summed E-state index contributed by atoms with van der Waals surface area (Å²) in [5.41, 5.74) is 14.3. The minimum absolute atomic E-state index is 0.0915. The van der Waals surface area contributed by atoms with Gasteiger partial charge in [0.15, 0.2) is 0 Å². The van der Waals surface area contributed by atoms with Crippen LogP contribution in [0.1, 0.15) is 32.3 Å². The number of carbonyl (C=O) groups is 5. The molecule has 0 aliphatic heterocycles. The highest BCUT2D eigenvalue weighted by atomic mass is 16.6. The molecule has 0 aliphatic rings. The van der Waals surface area contributed by atoms with E-state index < -0.39 is 46.9 Å². The second-order valence-corrected chi connectivity index (χ2v) is 11.8. The van der Waals surface area contributed by atoms with E-state index in [4.69, 9.17) is 25.5 Å². The van der Waals surface area contributed by atoms with Gasteiger partial charge in [-0.1, -0.05) is 31.1 Å². The molecule has 0 aromatic heterocycles. The molecule has 2 unspecified atom stereocenters. The molecule has 2 rings (SSSR count). The standard InChI is InChI=1S/C33H46N10O11/c1-22(2)29(40-28(44)21-54-19-18-53-17-16-52-15-14-37-41-35)31(46)39-27(4-3-13-36-32(34)47)30(45)38-24-7-5-23(6-8-24)20-42(33(48)49)25-9-11-26(12-10-25)43(50)51/h5-12,22,27,29H,3-4,13-21H2,1-2H3,(H,38,45)(H,39,46)(H,40,44)(H,48,49)(H3,34,36,47). The molecule has 0 saturated carbocycles. The molecule has 7 N–H and O–H groups in total.